The number of halogens is 5. The van der Waals surface area contributed by atoms with E-state index < -0.39 is 36.7 Å². The van der Waals surface area contributed by atoms with Crippen LogP contribution in [0.3, 0.4) is 0 Å². The Labute approximate surface area is 134 Å². The summed E-state index contributed by atoms with van der Waals surface area (Å²) in [4.78, 5) is -0.699. The number of hydrogen-bond acceptors (Lipinski definition) is 2. The Morgan fingerprint density at radius 1 is 0.955 bits per heavy atom. The number of rotatable bonds is 3. The van der Waals surface area contributed by atoms with Crippen molar-refractivity contribution in [1.29, 1.82) is 0 Å². The topological polar surface area (TPSA) is 46.2 Å². The highest BCUT2D eigenvalue weighted by molar-refractivity contribution is 7.92. The summed E-state index contributed by atoms with van der Waals surface area (Å²) < 4.78 is 65.1. The summed E-state index contributed by atoms with van der Waals surface area (Å²) in [5.74, 6) is 0. The molecule has 0 aliphatic carbocycles. The van der Waals surface area contributed by atoms with Crippen LogP contribution in [-0.2, 0) is 16.2 Å². The third kappa shape index (κ3) is 3.66. The van der Waals surface area contributed by atoms with Crippen LogP contribution in [0.25, 0.3) is 0 Å². The van der Waals surface area contributed by atoms with Crippen LogP contribution in [0, 0.1) is 0 Å². The van der Waals surface area contributed by atoms with Crippen LogP contribution in [0.4, 0.5) is 18.9 Å². The van der Waals surface area contributed by atoms with Gasteiger partial charge in [-0.15, -0.1) is 0 Å². The molecule has 0 saturated carbocycles. The minimum absolute atomic E-state index is 0.196. The third-order valence-electron chi connectivity index (χ3n) is 2.64. The molecular formula is C13H8Cl2F3NO2S. The molecule has 0 aliphatic heterocycles. The minimum Gasteiger partial charge on any atom is -0.280 e. The predicted molar refractivity (Wildman–Crippen MR) is 78.7 cm³/mol. The van der Waals surface area contributed by atoms with Crippen molar-refractivity contribution in [3.05, 3.63) is 58.1 Å². The second kappa shape index (κ2) is 5.98. The van der Waals surface area contributed by atoms with Gasteiger partial charge in [0.25, 0.3) is 10.0 Å². The first kappa shape index (κ1) is 16.9. The van der Waals surface area contributed by atoms with Crippen molar-refractivity contribution in [1.82, 2.24) is 0 Å². The molecule has 2 rings (SSSR count). The molecule has 2 aromatic carbocycles. The van der Waals surface area contributed by atoms with Gasteiger partial charge in [-0.05, 0) is 24.3 Å². The summed E-state index contributed by atoms with van der Waals surface area (Å²) in [5, 5.41) is -1.07. The van der Waals surface area contributed by atoms with Gasteiger partial charge in [0.2, 0.25) is 0 Å². The lowest BCUT2D eigenvalue weighted by molar-refractivity contribution is -0.137. The first-order valence-electron chi connectivity index (χ1n) is 5.75. The van der Waals surface area contributed by atoms with Crippen LogP contribution in [0.15, 0.2) is 47.4 Å². The van der Waals surface area contributed by atoms with Crippen molar-refractivity contribution in [2.24, 2.45) is 0 Å². The lowest BCUT2D eigenvalue weighted by Crippen LogP contribution is -2.15. The van der Waals surface area contributed by atoms with Gasteiger partial charge in [-0.1, -0.05) is 41.4 Å². The molecule has 0 atom stereocenters. The van der Waals surface area contributed by atoms with Gasteiger partial charge in [-0.25, -0.2) is 8.42 Å². The van der Waals surface area contributed by atoms with Gasteiger partial charge in [0.05, 0.1) is 15.6 Å². The SMILES string of the molecule is O=S(=O)(Nc1ccccc1)c1cc(C(F)(F)F)c(Cl)cc1Cl. The average molecular weight is 370 g/mol. The van der Waals surface area contributed by atoms with Gasteiger partial charge in [-0.3, -0.25) is 4.72 Å². The van der Waals surface area contributed by atoms with Crippen LogP contribution in [0.1, 0.15) is 5.56 Å². The fraction of sp³-hybridized carbons (Fsp3) is 0.0769. The molecule has 1 N–H and O–H groups in total. The van der Waals surface area contributed by atoms with E-state index in [0.717, 1.165) is 6.07 Å². The number of hydrogen-bond donors (Lipinski definition) is 1. The van der Waals surface area contributed by atoms with E-state index in [1.54, 1.807) is 18.2 Å². The summed E-state index contributed by atoms with van der Waals surface area (Å²) >= 11 is 11.2. The van der Waals surface area contributed by atoms with Crippen molar-refractivity contribution in [2.75, 3.05) is 4.72 Å². The molecule has 0 radical (unpaired) electrons. The van der Waals surface area contributed by atoms with Gasteiger partial charge in [0, 0.05) is 5.69 Å². The van der Waals surface area contributed by atoms with E-state index in [1.165, 1.54) is 12.1 Å². The molecule has 0 aromatic heterocycles. The number of alkyl halides is 3. The van der Waals surface area contributed by atoms with Crippen molar-refractivity contribution in [2.45, 2.75) is 11.1 Å². The summed E-state index contributed by atoms with van der Waals surface area (Å²) in [6, 6.07) is 8.87. The first-order valence-corrected chi connectivity index (χ1v) is 7.99. The Balaban J connectivity index is 2.52. The standard InChI is InChI=1S/C13H8Cl2F3NO2S/c14-10-7-11(15)12(6-9(10)13(16,17)18)22(20,21)19-8-4-2-1-3-5-8/h1-7,19H. The molecule has 9 heteroatoms. The normalized spacial score (nSPS) is 12.2. The number of anilines is 1. The van der Waals surface area contributed by atoms with E-state index in [0.29, 0.717) is 6.07 Å². The molecule has 0 heterocycles. The molecule has 3 nitrogen and oxygen atoms in total. The third-order valence-corrected chi connectivity index (χ3v) is 4.80. The zero-order valence-electron chi connectivity index (χ0n) is 10.7. The van der Waals surface area contributed by atoms with Gasteiger partial charge in [-0.2, -0.15) is 13.2 Å². The highest BCUT2D eigenvalue weighted by Gasteiger charge is 2.35. The van der Waals surface area contributed by atoms with Crippen LogP contribution in [0.5, 0.6) is 0 Å². The van der Waals surface area contributed by atoms with Gasteiger partial charge >= 0.3 is 6.18 Å². The van der Waals surface area contributed by atoms with E-state index in [-0.39, 0.29) is 5.69 Å². The van der Waals surface area contributed by atoms with E-state index in [1.807, 2.05) is 0 Å². The van der Waals surface area contributed by atoms with Crippen LogP contribution >= 0.6 is 23.2 Å². The molecule has 0 amide bonds. The Morgan fingerprint density at radius 3 is 2.09 bits per heavy atom. The maximum atomic E-state index is 12.8. The second-order valence-electron chi connectivity index (χ2n) is 4.23. The Bertz CT molecular complexity index is 793. The lowest BCUT2D eigenvalue weighted by Gasteiger charge is -2.14. The predicted octanol–water partition coefficient (Wildman–Crippen LogP) is 4.81. The van der Waals surface area contributed by atoms with E-state index in [2.05, 4.69) is 4.72 Å². The molecule has 0 saturated heterocycles. The number of benzene rings is 2. The molecular weight excluding hydrogens is 362 g/mol. The highest BCUT2D eigenvalue weighted by Crippen LogP contribution is 2.39. The molecule has 2 aromatic rings. The van der Waals surface area contributed by atoms with Crippen LogP contribution in [0.2, 0.25) is 10.0 Å². The lowest BCUT2D eigenvalue weighted by atomic mass is 10.2. The number of para-hydroxylation sites is 1. The number of nitrogens with one attached hydrogen (secondary N) is 1. The molecule has 0 unspecified atom stereocenters. The second-order valence-corrected chi connectivity index (χ2v) is 6.70. The van der Waals surface area contributed by atoms with Crippen LogP contribution in [-0.4, -0.2) is 8.42 Å². The zero-order valence-corrected chi connectivity index (χ0v) is 13.0. The Kier molecular flexibility index (Phi) is 4.60. The highest BCUT2D eigenvalue weighted by atomic mass is 35.5. The first-order chi connectivity index (χ1) is 10.1. The van der Waals surface area contributed by atoms with Crippen molar-refractivity contribution in [3.63, 3.8) is 0 Å². The molecule has 118 valence electrons. The van der Waals surface area contributed by atoms with Crippen LogP contribution < -0.4 is 4.72 Å². The Morgan fingerprint density at radius 2 is 1.55 bits per heavy atom. The molecule has 0 fully saturated rings. The van der Waals surface area contributed by atoms with Gasteiger partial charge < -0.3 is 0 Å². The van der Waals surface area contributed by atoms with Gasteiger partial charge in [0.15, 0.2) is 0 Å². The maximum Gasteiger partial charge on any atom is 0.417 e. The fourth-order valence-corrected chi connectivity index (χ4v) is 3.61. The molecule has 22 heavy (non-hydrogen) atoms. The summed E-state index contributed by atoms with van der Waals surface area (Å²) in [7, 11) is -4.28. The average Bonchev–Trinajstić information content (AvgIpc) is 2.37. The quantitative estimate of drug-likeness (QED) is 0.843. The number of sulfonamides is 1. The van der Waals surface area contributed by atoms with Gasteiger partial charge in [0.1, 0.15) is 4.90 Å². The van der Waals surface area contributed by atoms with Crippen molar-refractivity contribution >= 4 is 38.9 Å². The van der Waals surface area contributed by atoms with E-state index in [9.17, 15) is 21.6 Å². The monoisotopic (exact) mass is 369 g/mol. The van der Waals surface area contributed by atoms with Crippen molar-refractivity contribution in [3.8, 4) is 0 Å². The van der Waals surface area contributed by atoms with Crippen molar-refractivity contribution < 1.29 is 21.6 Å². The molecule has 0 spiro atoms. The molecule has 0 bridgehead atoms. The summed E-state index contributed by atoms with van der Waals surface area (Å²) in [6.07, 6.45) is -4.79. The smallest absolute Gasteiger partial charge is 0.280 e. The minimum atomic E-state index is -4.79. The van der Waals surface area contributed by atoms with E-state index >= 15 is 0 Å². The maximum absolute atomic E-state index is 12.8. The summed E-state index contributed by atoms with van der Waals surface area (Å²) in [5.41, 5.74) is -1.07. The largest absolute Gasteiger partial charge is 0.417 e. The zero-order chi connectivity index (χ0) is 16.5. The van der Waals surface area contributed by atoms with E-state index in [4.69, 9.17) is 23.2 Å². The summed E-state index contributed by atoms with van der Waals surface area (Å²) in [6.45, 7) is 0. The molecule has 0 aliphatic rings. The Hall–Kier alpha value is -1.44. The fourth-order valence-electron chi connectivity index (χ4n) is 1.67.